The van der Waals surface area contributed by atoms with Crippen LogP contribution in [0.15, 0.2) is 24.0 Å². The van der Waals surface area contributed by atoms with Crippen LogP contribution in [0.1, 0.15) is 58.1 Å². The minimum absolute atomic E-state index is 0.0196. The summed E-state index contributed by atoms with van der Waals surface area (Å²) in [5.41, 5.74) is 1.93. The lowest BCUT2D eigenvalue weighted by Gasteiger charge is -2.27. The summed E-state index contributed by atoms with van der Waals surface area (Å²) >= 11 is 0. The molecular formula is C22H26O4. The maximum atomic E-state index is 12.8. The summed E-state index contributed by atoms with van der Waals surface area (Å²) in [7, 11) is 1.56. The van der Waals surface area contributed by atoms with E-state index in [1.807, 2.05) is 25.1 Å². The number of benzene rings is 1. The minimum Gasteiger partial charge on any atom is -0.496 e. The van der Waals surface area contributed by atoms with Gasteiger partial charge in [0.05, 0.1) is 18.6 Å². The van der Waals surface area contributed by atoms with Gasteiger partial charge in [0, 0.05) is 23.5 Å². The fraction of sp³-hybridized carbons (Fsp3) is 0.455. The Morgan fingerprint density at radius 3 is 2.65 bits per heavy atom. The monoisotopic (exact) mass is 354 g/mol. The predicted molar refractivity (Wildman–Crippen MR) is 101 cm³/mol. The van der Waals surface area contributed by atoms with Crippen LogP contribution in [0, 0.1) is 23.7 Å². The Morgan fingerprint density at radius 1 is 1.35 bits per heavy atom. The predicted octanol–water partition coefficient (Wildman–Crippen LogP) is 4.37. The molecule has 1 atom stereocenters. The molecule has 1 aromatic rings. The quantitative estimate of drug-likeness (QED) is 0.582. The molecule has 4 heteroatoms. The third kappa shape index (κ3) is 4.16. The molecule has 0 amide bonds. The lowest BCUT2D eigenvalue weighted by atomic mass is 9.82. The number of ketones is 1. The molecule has 1 aliphatic carbocycles. The van der Waals surface area contributed by atoms with Gasteiger partial charge in [0.1, 0.15) is 11.5 Å². The Hall–Kier alpha value is -2.54. The molecule has 138 valence electrons. The third-order valence-electron chi connectivity index (χ3n) is 4.53. The smallest absolute Gasteiger partial charge is 0.313 e. The Labute approximate surface area is 155 Å². The molecule has 1 aliphatic rings. The first-order chi connectivity index (χ1) is 12.4. The average Bonchev–Trinajstić information content (AvgIpc) is 2.62. The molecule has 0 aliphatic heterocycles. The molecule has 0 saturated heterocycles. The number of allylic oxidation sites excluding steroid dienone is 2. The summed E-state index contributed by atoms with van der Waals surface area (Å²) in [6.45, 7) is 7.38. The highest BCUT2D eigenvalue weighted by molar-refractivity contribution is 6.23. The Morgan fingerprint density at radius 2 is 2.08 bits per heavy atom. The fourth-order valence-corrected chi connectivity index (χ4v) is 3.06. The van der Waals surface area contributed by atoms with Crippen LogP contribution in [-0.4, -0.2) is 18.9 Å². The minimum atomic E-state index is -0.321. The first kappa shape index (κ1) is 19.8. The Kier molecular flexibility index (Phi) is 6.63. The van der Waals surface area contributed by atoms with Crippen molar-refractivity contribution in [1.82, 2.24) is 0 Å². The van der Waals surface area contributed by atoms with Crippen LogP contribution < -0.4 is 4.74 Å². The summed E-state index contributed by atoms with van der Waals surface area (Å²) in [5.74, 6) is 6.32. The number of ether oxygens (including phenoxy) is 2. The van der Waals surface area contributed by atoms with Gasteiger partial charge in [-0.25, -0.2) is 0 Å². The van der Waals surface area contributed by atoms with E-state index in [1.54, 1.807) is 27.9 Å². The van der Waals surface area contributed by atoms with Gasteiger partial charge < -0.3 is 9.47 Å². The maximum absolute atomic E-state index is 12.8. The summed E-state index contributed by atoms with van der Waals surface area (Å²) in [5, 5.41) is 0. The number of esters is 1. The number of hydrogen-bond acceptors (Lipinski definition) is 4. The molecule has 2 rings (SSSR count). The zero-order valence-corrected chi connectivity index (χ0v) is 16.1. The Bertz CT molecular complexity index is 790. The van der Waals surface area contributed by atoms with E-state index in [4.69, 9.17) is 9.47 Å². The first-order valence-electron chi connectivity index (χ1n) is 9.03. The Balaban J connectivity index is 2.65. The molecule has 0 radical (unpaired) electrons. The summed E-state index contributed by atoms with van der Waals surface area (Å²) < 4.78 is 11.2. The molecule has 4 nitrogen and oxygen atoms in total. The van der Waals surface area contributed by atoms with Crippen LogP contribution in [0.2, 0.25) is 0 Å². The summed E-state index contributed by atoms with van der Waals surface area (Å²) in [6, 6.07) is 5.49. The molecule has 1 unspecified atom stereocenters. The van der Waals surface area contributed by atoms with E-state index in [-0.39, 0.29) is 23.6 Å². The van der Waals surface area contributed by atoms with Crippen LogP contribution in [-0.2, 0) is 14.3 Å². The highest BCUT2D eigenvalue weighted by atomic mass is 16.5. The fourth-order valence-electron chi connectivity index (χ4n) is 3.06. The van der Waals surface area contributed by atoms with Crippen molar-refractivity contribution in [3.8, 4) is 17.6 Å². The molecule has 0 N–H and O–H groups in total. The van der Waals surface area contributed by atoms with E-state index in [2.05, 4.69) is 11.8 Å². The van der Waals surface area contributed by atoms with E-state index in [9.17, 15) is 9.59 Å². The van der Waals surface area contributed by atoms with Crippen molar-refractivity contribution in [2.45, 2.75) is 47.0 Å². The van der Waals surface area contributed by atoms with Gasteiger partial charge in [-0.1, -0.05) is 26.7 Å². The van der Waals surface area contributed by atoms with Crippen molar-refractivity contribution >= 4 is 17.3 Å². The highest BCUT2D eigenvalue weighted by Crippen LogP contribution is 2.40. The number of rotatable bonds is 5. The lowest BCUT2D eigenvalue weighted by molar-refractivity contribution is -0.144. The third-order valence-corrected chi connectivity index (χ3v) is 4.53. The van der Waals surface area contributed by atoms with Crippen LogP contribution in [0.5, 0.6) is 5.75 Å². The molecule has 0 bridgehead atoms. The zero-order valence-electron chi connectivity index (χ0n) is 16.1. The van der Waals surface area contributed by atoms with Crippen LogP contribution in [0.4, 0.5) is 0 Å². The number of hydrogen-bond donors (Lipinski definition) is 0. The van der Waals surface area contributed by atoms with Gasteiger partial charge in [-0.05, 0) is 38.0 Å². The van der Waals surface area contributed by atoms with Gasteiger partial charge in [-0.3, -0.25) is 9.59 Å². The molecule has 26 heavy (non-hydrogen) atoms. The van der Waals surface area contributed by atoms with Crippen molar-refractivity contribution in [3.63, 3.8) is 0 Å². The number of methoxy groups -OCH3 is 1. The number of carbonyl (C=O) groups is 2. The average molecular weight is 354 g/mol. The van der Waals surface area contributed by atoms with Crippen LogP contribution in [0.3, 0.4) is 0 Å². The van der Waals surface area contributed by atoms with Crippen molar-refractivity contribution in [2.24, 2.45) is 11.8 Å². The topological polar surface area (TPSA) is 52.6 Å². The highest BCUT2D eigenvalue weighted by Gasteiger charge is 2.33. The van der Waals surface area contributed by atoms with Crippen molar-refractivity contribution in [1.29, 1.82) is 0 Å². The molecule has 0 aromatic heterocycles. The summed E-state index contributed by atoms with van der Waals surface area (Å²) in [6.07, 6.45) is 1.94. The van der Waals surface area contributed by atoms with E-state index in [0.717, 1.165) is 12.0 Å². The zero-order chi connectivity index (χ0) is 19.3. The lowest BCUT2D eigenvalue weighted by Crippen LogP contribution is -2.24. The number of carbonyl (C=O) groups excluding carboxylic acids is 2. The van der Waals surface area contributed by atoms with E-state index in [0.29, 0.717) is 35.5 Å². The van der Waals surface area contributed by atoms with Gasteiger partial charge in [0.15, 0.2) is 5.78 Å². The molecule has 1 aromatic carbocycles. The molecule has 0 heterocycles. The van der Waals surface area contributed by atoms with Crippen molar-refractivity contribution in [2.75, 3.05) is 7.11 Å². The van der Waals surface area contributed by atoms with Crippen LogP contribution >= 0.6 is 0 Å². The van der Waals surface area contributed by atoms with E-state index in [1.165, 1.54) is 0 Å². The van der Waals surface area contributed by atoms with Gasteiger partial charge in [0.2, 0.25) is 0 Å². The van der Waals surface area contributed by atoms with Gasteiger partial charge >= 0.3 is 5.97 Å². The SMILES string of the molecule is CC#Cc1ccc(C2=C(OC(=O)C(C)C)C(CC)CCC2=O)c(OC)c1. The van der Waals surface area contributed by atoms with Crippen molar-refractivity contribution in [3.05, 3.63) is 35.1 Å². The molecule has 0 spiro atoms. The van der Waals surface area contributed by atoms with Gasteiger partial charge in [-0.2, -0.15) is 0 Å². The second-order valence-corrected chi connectivity index (χ2v) is 6.67. The maximum Gasteiger partial charge on any atom is 0.313 e. The standard InChI is InChI=1S/C22H26O4/c1-6-8-15-9-11-17(19(13-15)25-5)20-18(23)12-10-16(7-2)21(20)26-22(24)14(3)4/h9,11,13-14,16H,7,10,12H2,1-5H3. The largest absolute Gasteiger partial charge is 0.496 e. The van der Waals surface area contributed by atoms with Gasteiger partial charge in [0.25, 0.3) is 0 Å². The molecule has 0 saturated carbocycles. The normalized spacial score (nSPS) is 17.0. The second kappa shape index (κ2) is 8.71. The van der Waals surface area contributed by atoms with E-state index < -0.39 is 0 Å². The second-order valence-electron chi connectivity index (χ2n) is 6.67. The first-order valence-corrected chi connectivity index (χ1v) is 9.03. The summed E-state index contributed by atoms with van der Waals surface area (Å²) in [4.78, 5) is 25.0. The molecule has 0 fully saturated rings. The van der Waals surface area contributed by atoms with Crippen molar-refractivity contribution < 1.29 is 19.1 Å². The van der Waals surface area contributed by atoms with Crippen LogP contribution in [0.25, 0.3) is 5.57 Å². The van der Waals surface area contributed by atoms with E-state index >= 15 is 0 Å². The van der Waals surface area contributed by atoms with Gasteiger partial charge in [-0.15, -0.1) is 5.92 Å². The molecular weight excluding hydrogens is 328 g/mol. The number of Topliss-reactive ketones (excluding diaryl/α,β-unsaturated/α-hetero) is 1.